The van der Waals surface area contributed by atoms with Crippen molar-refractivity contribution in [2.75, 3.05) is 6.54 Å². The Morgan fingerprint density at radius 3 is 2.38 bits per heavy atom. The van der Waals surface area contributed by atoms with Gasteiger partial charge in [-0.3, -0.25) is 0 Å². The summed E-state index contributed by atoms with van der Waals surface area (Å²) in [5.74, 6) is 0.683. The van der Waals surface area contributed by atoms with E-state index in [1.54, 1.807) is 0 Å². The van der Waals surface area contributed by atoms with Crippen molar-refractivity contribution < 1.29 is 0 Å². The Bertz CT molecular complexity index is 216. The SMILES string of the molecule is [N-]=[N+]=NCC1CCC2(CCC2)CC1. The molecule has 0 aromatic heterocycles. The lowest BCUT2D eigenvalue weighted by atomic mass is 9.59. The first-order valence-electron chi connectivity index (χ1n) is 5.36. The number of hydrogen-bond donors (Lipinski definition) is 0. The van der Waals surface area contributed by atoms with Crippen molar-refractivity contribution in [1.29, 1.82) is 0 Å². The van der Waals surface area contributed by atoms with Crippen LogP contribution in [0.15, 0.2) is 5.11 Å². The topological polar surface area (TPSA) is 48.8 Å². The summed E-state index contributed by atoms with van der Waals surface area (Å²) in [5, 5.41) is 3.67. The molecule has 0 unspecified atom stereocenters. The average molecular weight is 179 g/mol. The lowest BCUT2D eigenvalue weighted by Gasteiger charge is -2.46. The van der Waals surface area contributed by atoms with Crippen LogP contribution < -0.4 is 0 Å². The van der Waals surface area contributed by atoms with Crippen LogP contribution in [0.25, 0.3) is 10.4 Å². The molecule has 2 aliphatic carbocycles. The first-order chi connectivity index (χ1) is 6.35. The van der Waals surface area contributed by atoms with E-state index in [1.165, 1.54) is 44.9 Å². The summed E-state index contributed by atoms with van der Waals surface area (Å²) in [6.45, 7) is 0.729. The molecule has 2 saturated carbocycles. The molecule has 0 heterocycles. The fraction of sp³-hybridized carbons (Fsp3) is 1.00. The van der Waals surface area contributed by atoms with Gasteiger partial charge >= 0.3 is 0 Å². The molecule has 72 valence electrons. The van der Waals surface area contributed by atoms with Gasteiger partial charge in [-0.15, -0.1) is 0 Å². The van der Waals surface area contributed by atoms with Crippen LogP contribution in [-0.2, 0) is 0 Å². The van der Waals surface area contributed by atoms with Crippen LogP contribution in [0.1, 0.15) is 44.9 Å². The van der Waals surface area contributed by atoms with Crippen LogP contribution in [-0.4, -0.2) is 6.54 Å². The highest BCUT2D eigenvalue weighted by molar-refractivity contribution is 4.92. The van der Waals surface area contributed by atoms with Crippen molar-refractivity contribution in [3.8, 4) is 0 Å². The first kappa shape index (κ1) is 8.89. The van der Waals surface area contributed by atoms with Crippen molar-refractivity contribution in [2.45, 2.75) is 44.9 Å². The van der Waals surface area contributed by atoms with Gasteiger partial charge < -0.3 is 0 Å². The maximum atomic E-state index is 8.22. The fourth-order valence-corrected chi connectivity index (χ4v) is 2.80. The van der Waals surface area contributed by atoms with Crippen LogP contribution in [0.2, 0.25) is 0 Å². The summed E-state index contributed by atoms with van der Waals surface area (Å²) >= 11 is 0. The molecule has 0 amide bonds. The highest BCUT2D eigenvalue weighted by Gasteiger charge is 2.39. The molecule has 2 fully saturated rings. The number of azide groups is 1. The summed E-state index contributed by atoms with van der Waals surface area (Å²) in [6, 6.07) is 0. The molecule has 0 N–H and O–H groups in total. The minimum absolute atomic E-state index is 0.683. The Hall–Kier alpha value is -0.690. The summed E-state index contributed by atoms with van der Waals surface area (Å²) < 4.78 is 0. The van der Waals surface area contributed by atoms with Gasteiger partial charge in [0.15, 0.2) is 0 Å². The van der Waals surface area contributed by atoms with Crippen LogP contribution >= 0.6 is 0 Å². The minimum Gasteiger partial charge on any atom is -0.0937 e. The van der Waals surface area contributed by atoms with Gasteiger partial charge in [0.05, 0.1) is 0 Å². The quantitative estimate of drug-likeness (QED) is 0.353. The van der Waals surface area contributed by atoms with Gasteiger partial charge in [-0.05, 0) is 55.4 Å². The van der Waals surface area contributed by atoms with E-state index in [0.717, 1.165) is 12.0 Å². The second-order valence-electron chi connectivity index (χ2n) is 4.71. The van der Waals surface area contributed by atoms with E-state index in [0.29, 0.717) is 5.92 Å². The minimum atomic E-state index is 0.683. The second-order valence-corrected chi connectivity index (χ2v) is 4.71. The number of nitrogens with zero attached hydrogens (tertiary/aromatic N) is 3. The Labute approximate surface area is 79.1 Å². The summed E-state index contributed by atoms with van der Waals surface area (Å²) in [5.41, 5.74) is 8.96. The zero-order chi connectivity index (χ0) is 9.15. The van der Waals surface area contributed by atoms with E-state index in [2.05, 4.69) is 10.0 Å². The maximum absolute atomic E-state index is 8.22. The van der Waals surface area contributed by atoms with Crippen molar-refractivity contribution >= 4 is 0 Å². The van der Waals surface area contributed by atoms with Crippen molar-refractivity contribution in [3.63, 3.8) is 0 Å². The summed E-state index contributed by atoms with van der Waals surface area (Å²) in [6.07, 6.45) is 9.72. The van der Waals surface area contributed by atoms with Gasteiger partial charge in [0.25, 0.3) is 0 Å². The molecule has 0 atom stereocenters. The second kappa shape index (κ2) is 3.59. The smallest absolute Gasteiger partial charge is 0.0286 e. The van der Waals surface area contributed by atoms with Crippen LogP contribution in [0.5, 0.6) is 0 Å². The highest BCUT2D eigenvalue weighted by atomic mass is 15.1. The van der Waals surface area contributed by atoms with Crippen molar-refractivity contribution in [3.05, 3.63) is 10.4 Å². The third kappa shape index (κ3) is 1.80. The van der Waals surface area contributed by atoms with Crippen LogP contribution in [0.3, 0.4) is 0 Å². The molecule has 1 spiro atoms. The molecule has 0 bridgehead atoms. The van der Waals surface area contributed by atoms with E-state index in [1.807, 2.05) is 0 Å². The lowest BCUT2D eigenvalue weighted by molar-refractivity contribution is 0.0573. The largest absolute Gasteiger partial charge is 0.0937 e. The molecule has 3 heteroatoms. The Kier molecular flexibility index (Phi) is 2.45. The van der Waals surface area contributed by atoms with Crippen LogP contribution in [0, 0.1) is 11.3 Å². The van der Waals surface area contributed by atoms with Crippen LogP contribution in [0.4, 0.5) is 0 Å². The van der Waals surface area contributed by atoms with E-state index in [9.17, 15) is 0 Å². The van der Waals surface area contributed by atoms with E-state index in [-0.39, 0.29) is 0 Å². The molecule has 0 radical (unpaired) electrons. The van der Waals surface area contributed by atoms with Gasteiger partial charge in [0, 0.05) is 11.5 Å². The molecule has 0 aliphatic heterocycles. The predicted molar refractivity (Wildman–Crippen MR) is 52.3 cm³/mol. The Balaban J connectivity index is 1.78. The third-order valence-corrected chi connectivity index (χ3v) is 3.98. The van der Waals surface area contributed by atoms with Gasteiger partial charge in [0.1, 0.15) is 0 Å². The standard InChI is InChI=1S/C10H17N3/c11-13-12-8-9-2-6-10(7-3-9)4-1-5-10/h9H,1-8H2. The lowest BCUT2D eigenvalue weighted by Crippen LogP contribution is -2.34. The molecular weight excluding hydrogens is 162 g/mol. The normalized spacial score (nSPS) is 26.5. The molecule has 2 rings (SSSR count). The van der Waals surface area contributed by atoms with E-state index >= 15 is 0 Å². The van der Waals surface area contributed by atoms with Crippen molar-refractivity contribution in [2.24, 2.45) is 16.4 Å². The fourth-order valence-electron chi connectivity index (χ4n) is 2.80. The molecular formula is C10H17N3. The van der Waals surface area contributed by atoms with Gasteiger partial charge in [0.2, 0.25) is 0 Å². The summed E-state index contributed by atoms with van der Waals surface area (Å²) in [7, 11) is 0. The monoisotopic (exact) mass is 179 g/mol. The van der Waals surface area contributed by atoms with Gasteiger partial charge in [-0.25, -0.2) is 0 Å². The van der Waals surface area contributed by atoms with Crippen molar-refractivity contribution in [1.82, 2.24) is 0 Å². The molecule has 13 heavy (non-hydrogen) atoms. The highest BCUT2D eigenvalue weighted by Crippen LogP contribution is 2.52. The van der Waals surface area contributed by atoms with E-state index < -0.39 is 0 Å². The molecule has 0 aromatic rings. The van der Waals surface area contributed by atoms with Gasteiger partial charge in [-0.2, -0.15) is 0 Å². The Morgan fingerprint density at radius 2 is 1.92 bits per heavy atom. The summed E-state index contributed by atoms with van der Waals surface area (Å²) in [4.78, 5) is 2.83. The maximum Gasteiger partial charge on any atom is 0.0286 e. The predicted octanol–water partition coefficient (Wildman–Crippen LogP) is 3.66. The molecule has 0 aromatic carbocycles. The van der Waals surface area contributed by atoms with E-state index in [4.69, 9.17) is 5.53 Å². The van der Waals surface area contributed by atoms with Gasteiger partial charge in [-0.1, -0.05) is 11.5 Å². The first-order valence-corrected chi connectivity index (χ1v) is 5.36. The third-order valence-electron chi connectivity index (χ3n) is 3.98. The zero-order valence-corrected chi connectivity index (χ0v) is 8.08. The molecule has 2 aliphatic rings. The Morgan fingerprint density at radius 1 is 1.23 bits per heavy atom. The molecule has 0 saturated heterocycles. The average Bonchev–Trinajstić information content (AvgIpc) is 2.13. The zero-order valence-electron chi connectivity index (χ0n) is 8.08. The number of rotatable bonds is 2. The molecule has 3 nitrogen and oxygen atoms in total. The number of hydrogen-bond acceptors (Lipinski definition) is 1.